The number of hydrogen-bond acceptors (Lipinski definition) is 2. The van der Waals surface area contributed by atoms with Crippen molar-refractivity contribution < 1.29 is 13.6 Å². The molecular weight excluding hydrogens is 340 g/mol. The number of Topliss-reactive ketones (excluding diaryl/α,β-unsaturated/α-hetero) is 1. The van der Waals surface area contributed by atoms with E-state index in [2.05, 4.69) is 20.9 Å². The molecule has 2 aromatic rings. The van der Waals surface area contributed by atoms with Gasteiger partial charge in [-0.1, -0.05) is 27.5 Å². The van der Waals surface area contributed by atoms with Crippen molar-refractivity contribution in [3.8, 4) is 0 Å². The number of nitrogens with zero attached hydrogens (tertiary/aromatic N) is 1. The zero-order chi connectivity index (χ0) is 14.0. The summed E-state index contributed by atoms with van der Waals surface area (Å²) in [5.74, 6) is -2.47. The third-order valence-electron chi connectivity index (χ3n) is 2.49. The van der Waals surface area contributed by atoms with Gasteiger partial charge in [-0.15, -0.1) is 0 Å². The van der Waals surface area contributed by atoms with E-state index in [1.54, 1.807) is 0 Å². The molecule has 0 N–H and O–H groups in total. The Morgan fingerprint density at radius 3 is 2.53 bits per heavy atom. The molecule has 0 amide bonds. The number of aromatic nitrogens is 1. The van der Waals surface area contributed by atoms with Gasteiger partial charge in [-0.2, -0.15) is 0 Å². The third kappa shape index (κ3) is 3.16. The summed E-state index contributed by atoms with van der Waals surface area (Å²) in [6.45, 7) is 0. The average Bonchev–Trinajstić information content (AvgIpc) is 2.30. The number of halogens is 4. The summed E-state index contributed by atoms with van der Waals surface area (Å²) < 4.78 is 27.5. The smallest absolute Gasteiger partial charge is 0.173 e. The topological polar surface area (TPSA) is 30.0 Å². The highest BCUT2D eigenvalue weighted by Gasteiger charge is 2.19. The Hall–Kier alpha value is -1.33. The fraction of sp³-hybridized carbons (Fsp3) is 0.0769. The van der Waals surface area contributed by atoms with E-state index in [1.807, 2.05) is 0 Å². The van der Waals surface area contributed by atoms with Gasteiger partial charge in [0, 0.05) is 23.3 Å². The van der Waals surface area contributed by atoms with Crippen molar-refractivity contribution in [2.45, 2.75) is 6.42 Å². The summed E-state index contributed by atoms with van der Waals surface area (Å²) in [6.07, 6.45) is 2.65. The van der Waals surface area contributed by atoms with Crippen LogP contribution in [0.5, 0.6) is 0 Å². The summed E-state index contributed by atoms with van der Waals surface area (Å²) >= 11 is 8.80. The van der Waals surface area contributed by atoms with Gasteiger partial charge in [-0.25, -0.2) is 8.78 Å². The van der Waals surface area contributed by atoms with E-state index >= 15 is 0 Å². The normalized spacial score (nSPS) is 10.5. The van der Waals surface area contributed by atoms with Crippen LogP contribution in [-0.2, 0) is 6.42 Å². The molecule has 0 aliphatic rings. The van der Waals surface area contributed by atoms with Crippen LogP contribution in [0.4, 0.5) is 8.78 Å². The van der Waals surface area contributed by atoms with E-state index in [0.717, 1.165) is 12.1 Å². The van der Waals surface area contributed by atoms with Crippen molar-refractivity contribution in [2.24, 2.45) is 0 Å². The van der Waals surface area contributed by atoms with Crippen LogP contribution >= 0.6 is 27.5 Å². The average molecular weight is 347 g/mol. The lowest BCUT2D eigenvalue weighted by molar-refractivity contribution is 0.0985. The Kier molecular flexibility index (Phi) is 4.27. The lowest BCUT2D eigenvalue weighted by atomic mass is 10.0. The van der Waals surface area contributed by atoms with Crippen LogP contribution in [0, 0.1) is 11.6 Å². The second-order valence-corrected chi connectivity index (χ2v) is 5.13. The Morgan fingerprint density at radius 2 is 1.95 bits per heavy atom. The van der Waals surface area contributed by atoms with E-state index < -0.39 is 23.0 Å². The van der Waals surface area contributed by atoms with Crippen molar-refractivity contribution in [1.82, 2.24) is 4.98 Å². The second kappa shape index (κ2) is 5.75. The van der Waals surface area contributed by atoms with E-state index in [-0.39, 0.29) is 15.9 Å². The van der Waals surface area contributed by atoms with Gasteiger partial charge in [0.1, 0.15) is 11.6 Å². The molecular formula is C13H7BrClF2NO. The van der Waals surface area contributed by atoms with Gasteiger partial charge >= 0.3 is 0 Å². The Morgan fingerprint density at radius 1 is 1.32 bits per heavy atom. The van der Waals surface area contributed by atoms with E-state index in [0.29, 0.717) is 5.56 Å². The van der Waals surface area contributed by atoms with Crippen LogP contribution in [0.25, 0.3) is 0 Å². The predicted octanol–water partition coefficient (Wildman–Crippen LogP) is 4.20. The highest BCUT2D eigenvalue weighted by atomic mass is 79.9. The maximum Gasteiger partial charge on any atom is 0.173 e. The number of carbonyl (C=O) groups is 1. The minimum Gasteiger partial charge on any atom is -0.294 e. The number of benzene rings is 1. The molecule has 0 saturated carbocycles. The molecule has 0 atom stereocenters. The minimum absolute atomic E-state index is 0.184. The molecule has 0 aliphatic heterocycles. The first-order chi connectivity index (χ1) is 8.99. The molecule has 2 nitrogen and oxygen atoms in total. The number of rotatable bonds is 3. The number of hydrogen-bond donors (Lipinski definition) is 0. The van der Waals surface area contributed by atoms with Crippen LogP contribution in [0.1, 0.15) is 15.9 Å². The molecule has 0 spiro atoms. The molecule has 98 valence electrons. The maximum absolute atomic E-state index is 13.6. The van der Waals surface area contributed by atoms with Crippen molar-refractivity contribution in [1.29, 1.82) is 0 Å². The van der Waals surface area contributed by atoms with E-state index in [9.17, 15) is 13.6 Å². The van der Waals surface area contributed by atoms with Crippen molar-refractivity contribution in [3.05, 3.63) is 62.8 Å². The second-order valence-electron chi connectivity index (χ2n) is 3.81. The van der Waals surface area contributed by atoms with Crippen molar-refractivity contribution in [2.75, 3.05) is 0 Å². The van der Waals surface area contributed by atoms with Crippen LogP contribution in [0.3, 0.4) is 0 Å². The standard InChI is InChI=1S/C13H7BrClF2NO/c14-8-4-10(16)13(11(17)5-8)12(19)3-7-1-2-18-6-9(7)15/h1-2,4-6H,3H2. The van der Waals surface area contributed by atoms with Gasteiger partial charge < -0.3 is 0 Å². The fourth-order valence-electron chi connectivity index (χ4n) is 1.62. The van der Waals surface area contributed by atoms with Gasteiger partial charge in [0.05, 0.1) is 10.6 Å². The molecule has 0 unspecified atom stereocenters. The van der Waals surface area contributed by atoms with Crippen LogP contribution in [0.15, 0.2) is 35.1 Å². The monoisotopic (exact) mass is 345 g/mol. The molecule has 1 aromatic heterocycles. The molecule has 1 aromatic carbocycles. The largest absolute Gasteiger partial charge is 0.294 e. The first kappa shape index (κ1) is 14.1. The SMILES string of the molecule is O=C(Cc1ccncc1Cl)c1c(F)cc(Br)cc1F. The lowest BCUT2D eigenvalue weighted by Gasteiger charge is -2.06. The summed E-state index contributed by atoms with van der Waals surface area (Å²) in [5.41, 5.74) is -0.0838. The Balaban J connectivity index is 2.34. The number of ketones is 1. The molecule has 19 heavy (non-hydrogen) atoms. The quantitative estimate of drug-likeness (QED) is 0.780. The Bertz CT molecular complexity index is 625. The first-order valence-electron chi connectivity index (χ1n) is 5.25. The molecule has 2 rings (SSSR count). The Labute approximate surface area is 121 Å². The van der Waals surface area contributed by atoms with E-state index in [1.165, 1.54) is 18.5 Å². The molecule has 1 heterocycles. The zero-order valence-electron chi connectivity index (χ0n) is 9.46. The highest BCUT2D eigenvalue weighted by molar-refractivity contribution is 9.10. The van der Waals surface area contributed by atoms with Gasteiger partial charge in [0.2, 0.25) is 0 Å². The summed E-state index contributed by atoms with van der Waals surface area (Å²) in [7, 11) is 0. The van der Waals surface area contributed by atoms with E-state index in [4.69, 9.17) is 11.6 Å². The molecule has 0 radical (unpaired) electrons. The van der Waals surface area contributed by atoms with Crippen LogP contribution < -0.4 is 0 Å². The van der Waals surface area contributed by atoms with Crippen LogP contribution in [0.2, 0.25) is 5.02 Å². The number of pyridine rings is 1. The van der Waals surface area contributed by atoms with Crippen molar-refractivity contribution >= 4 is 33.3 Å². The van der Waals surface area contributed by atoms with Gasteiger partial charge in [-0.05, 0) is 23.8 Å². The summed E-state index contributed by atoms with van der Waals surface area (Å²) in [4.78, 5) is 15.7. The van der Waals surface area contributed by atoms with Gasteiger partial charge in [-0.3, -0.25) is 9.78 Å². The lowest BCUT2D eigenvalue weighted by Crippen LogP contribution is -2.09. The molecule has 0 fully saturated rings. The molecule has 6 heteroatoms. The minimum atomic E-state index is -0.901. The molecule has 0 aliphatic carbocycles. The zero-order valence-corrected chi connectivity index (χ0v) is 11.8. The third-order valence-corrected chi connectivity index (χ3v) is 3.29. The first-order valence-corrected chi connectivity index (χ1v) is 6.42. The highest BCUT2D eigenvalue weighted by Crippen LogP contribution is 2.22. The van der Waals surface area contributed by atoms with Gasteiger partial charge in [0.15, 0.2) is 5.78 Å². The molecule has 0 saturated heterocycles. The molecule has 0 bridgehead atoms. The summed E-state index contributed by atoms with van der Waals surface area (Å²) in [6, 6.07) is 3.63. The predicted molar refractivity (Wildman–Crippen MR) is 71.3 cm³/mol. The van der Waals surface area contributed by atoms with Gasteiger partial charge in [0.25, 0.3) is 0 Å². The fourth-order valence-corrected chi connectivity index (χ4v) is 2.21. The van der Waals surface area contributed by atoms with Crippen molar-refractivity contribution in [3.63, 3.8) is 0 Å². The number of carbonyl (C=O) groups excluding carboxylic acids is 1. The summed E-state index contributed by atoms with van der Waals surface area (Å²) in [5, 5.41) is 0.286. The van der Waals surface area contributed by atoms with Crippen LogP contribution in [-0.4, -0.2) is 10.8 Å². The maximum atomic E-state index is 13.6.